The van der Waals surface area contributed by atoms with E-state index in [0.717, 1.165) is 38.9 Å². The maximum atomic E-state index is 5.91. The van der Waals surface area contributed by atoms with Crippen LogP contribution in [-0.4, -0.2) is 13.2 Å². The van der Waals surface area contributed by atoms with E-state index in [4.69, 9.17) is 4.74 Å². The summed E-state index contributed by atoms with van der Waals surface area (Å²) in [5.41, 5.74) is 8.65. The van der Waals surface area contributed by atoms with Crippen molar-refractivity contribution in [3.63, 3.8) is 0 Å². The van der Waals surface area contributed by atoms with Gasteiger partial charge < -0.3 is 4.74 Å². The highest BCUT2D eigenvalue weighted by Crippen LogP contribution is 2.30. The first-order valence-corrected chi connectivity index (χ1v) is 8.54. The zero-order chi connectivity index (χ0) is 15.5. The Morgan fingerprint density at radius 2 is 1.13 bits per heavy atom. The number of hydrogen-bond donors (Lipinski definition) is 0. The van der Waals surface area contributed by atoms with Crippen LogP contribution in [0.2, 0.25) is 0 Å². The van der Waals surface area contributed by atoms with E-state index in [9.17, 15) is 0 Å². The molecule has 0 aliphatic heterocycles. The average Bonchev–Trinajstić information content (AvgIpc) is 3.19. The van der Waals surface area contributed by atoms with Gasteiger partial charge in [0.15, 0.2) is 0 Å². The van der Waals surface area contributed by atoms with E-state index in [-0.39, 0.29) is 0 Å². The van der Waals surface area contributed by atoms with Crippen LogP contribution in [0.5, 0.6) is 0 Å². The van der Waals surface area contributed by atoms with Crippen molar-refractivity contribution in [3.05, 3.63) is 82.9 Å². The predicted molar refractivity (Wildman–Crippen MR) is 96.3 cm³/mol. The number of fused-ring (bicyclic) bond motifs is 2. The molecule has 0 amide bonds. The van der Waals surface area contributed by atoms with Crippen molar-refractivity contribution >= 4 is 11.1 Å². The van der Waals surface area contributed by atoms with Gasteiger partial charge >= 0.3 is 0 Å². The first kappa shape index (κ1) is 14.5. The summed E-state index contributed by atoms with van der Waals surface area (Å²) in [6.45, 7) is 1.63. The molecule has 0 atom stereocenters. The molecule has 0 bridgehead atoms. The molecule has 0 saturated carbocycles. The number of benzene rings is 2. The van der Waals surface area contributed by atoms with Crippen LogP contribution in [0, 0.1) is 0 Å². The summed E-state index contributed by atoms with van der Waals surface area (Å²) >= 11 is 0. The van der Waals surface area contributed by atoms with Crippen LogP contribution in [0.4, 0.5) is 0 Å². The first-order chi connectivity index (χ1) is 11.4. The molecule has 2 aromatic rings. The van der Waals surface area contributed by atoms with Crippen LogP contribution < -0.4 is 0 Å². The minimum absolute atomic E-state index is 0.815. The second-order valence-electron chi connectivity index (χ2n) is 6.29. The van der Waals surface area contributed by atoms with Gasteiger partial charge in [-0.2, -0.15) is 0 Å². The van der Waals surface area contributed by atoms with Gasteiger partial charge in [0, 0.05) is 0 Å². The van der Waals surface area contributed by atoms with E-state index in [1.54, 1.807) is 0 Å². The maximum absolute atomic E-state index is 5.91. The molecule has 23 heavy (non-hydrogen) atoms. The fraction of sp³-hybridized carbons (Fsp3) is 0.273. The lowest BCUT2D eigenvalue weighted by Gasteiger charge is -2.08. The second-order valence-corrected chi connectivity index (χ2v) is 6.29. The number of allylic oxidation sites excluding steroid dienone is 2. The van der Waals surface area contributed by atoms with Crippen LogP contribution in [0.1, 0.15) is 35.1 Å². The molecular weight excluding hydrogens is 280 g/mol. The van der Waals surface area contributed by atoms with E-state index >= 15 is 0 Å². The first-order valence-electron chi connectivity index (χ1n) is 8.54. The van der Waals surface area contributed by atoms with Gasteiger partial charge in [-0.3, -0.25) is 0 Å². The molecule has 0 fully saturated rings. The highest BCUT2D eigenvalue weighted by molar-refractivity contribution is 5.73. The molecule has 116 valence electrons. The van der Waals surface area contributed by atoms with Crippen LogP contribution in [0.25, 0.3) is 11.1 Å². The Balaban J connectivity index is 1.24. The van der Waals surface area contributed by atoms with E-state index in [0.29, 0.717) is 0 Å². The van der Waals surface area contributed by atoms with Gasteiger partial charge in [0.25, 0.3) is 0 Å². The van der Waals surface area contributed by atoms with Crippen molar-refractivity contribution in [2.75, 3.05) is 13.2 Å². The van der Waals surface area contributed by atoms with E-state index in [1.165, 1.54) is 33.4 Å². The lowest BCUT2D eigenvalue weighted by Crippen LogP contribution is -1.99. The molecule has 0 N–H and O–H groups in total. The fourth-order valence-corrected chi connectivity index (χ4v) is 3.65. The molecule has 1 nitrogen and oxygen atoms in total. The molecule has 0 saturated heterocycles. The third-order valence-electron chi connectivity index (χ3n) is 4.89. The van der Waals surface area contributed by atoms with E-state index < -0.39 is 0 Å². The van der Waals surface area contributed by atoms with Gasteiger partial charge in [-0.15, -0.1) is 0 Å². The zero-order valence-electron chi connectivity index (χ0n) is 13.4. The number of ether oxygens (including phenoxy) is 1. The Labute approximate surface area is 138 Å². The van der Waals surface area contributed by atoms with Crippen molar-refractivity contribution in [1.82, 2.24) is 0 Å². The van der Waals surface area contributed by atoms with E-state index in [2.05, 4.69) is 60.7 Å². The monoisotopic (exact) mass is 302 g/mol. The summed E-state index contributed by atoms with van der Waals surface area (Å²) < 4.78 is 5.91. The molecule has 0 spiro atoms. The topological polar surface area (TPSA) is 9.23 Å². The molecule has 1 heteroatoms. The van der Waals surface area contributed by atoms with Crippen molar-refractivity contribution < 1.29 is 4.74 Å². The molecular formula is C22H22O. The third kappa shape index (κ3) is 3.02. The largest absolute Gasteiger partial charge is 0.381 e. The Bertz CT molecular complexity index is 702. The molecule has 0 unspecified atom stereocenters. The number of hydrogen-bond acceptors (Lipinski definition) is 1. The highest BCUT2D eigenvalue weighted by atomic mass is 16.5. The van der Waals surface area contributed by atoms with Gasteiger partial charge in [-0.05, 0) is 59.1 Å². The van der Waals surface area contributed by atoms with Gasteiger partial charge in [-0.1, -0.05) is 60.7 Å². The summed E-state index contributed by atoms with van der Waals surface area (Å²) in [5, 5.41) is 0. The Kier molecular flexibility index (Phi) is 4.12. The minimum atomic E-state index is 0.815. The SMILES string of the molecule is C1=C(CCOCCC2=CCc3ccccc32)c2ccccc2C1. The van der Waals surface area contributed by atoms with Crippen LogP contribution in [-0.2, 0) is 17.6 Å². The highest BCUT2D eigenvalue weighted by Gasteiger charge is 2.14. The minimum Gasteiger partial charge on any atom is -0.381 e. The Hall–Kier alpha value is -2.12. The fourth-order valence-electron chi connectivity index (χ4n) is 3.65. The predicted octanol–water partition coefficient (Wildman–Crippen LogP) is 5.06. The number of rotatable bonds is 6. The lowest BCUT2D eigenvalue weighted by molar-refractivity contribution is 0.146. The van der Waals surface area contributed by atoms with E-state index in [1.807, 2.05) is 0 Å². The normalized spacial score (nSPS) is 15.1. The van der Waals surface area contributed by atoms with Crippen LogP contribution in [0.15, 0.2) is 60.7 Å². The average molecular weight is 302 g/mol. The van der Waals surface area contributed by atoms with Crippen LogP contribution >= 0.6 is 0 Å². The summed E-state index contributed by atoms with van der Waals surface area (Å²) in [6, 6.07) is 17.4. The van der Waals surface area contributed by atoms with Gasteiger partial charge in [0.1, 0.15) is 0 Å². The Morgan fingerprint density at radius 1 is 0.652 bits per heavy atom. The summed E-state index contributed by atoms with van der Waals surface area (Å²) in [7, 11) is 0. The van der Waals surface area contributed by atoms with Crippen molar-refractivity contribution in [2.45, 2.75) is 25.7 Å². The second kappa shape index (κ2) is 6.55. The standard InChI is InChI=1S/C22H22O/c1-3-7-21-17(5-1)9-11-19(21)13-15-23-16-14-20-12-10-18-6-2-4-8-22(18)20/h1-8,11-12H,9-10,13-16H2. The molecule has 2 aliphatic carbocycles. The summed E-state index contributed by atoms with van der Waals surface area (Å²) in [5.74, 6) is 0. The molecule has 2 aliphatic rings. The Morgan fingerprint density at radius 3 is 1.65 bits per heavy atom. The van der Waals surface area contributed by atoms with Crippen molar-refractivity contribution in [2.24, 2.45) is 0 Å². The molecule has 0 heterocycles. The van der Waals surface area contributed by atoms with Crippen molar-refractivity contribution in [3.8, 4) is 0 Å². The van der Waals surface area contributed by atoms with Crippen molar-refractivity contribution in [1.29, 1.82) is 0 Å². The van der Waals surface area contributed by atoms with Gasteiger partial charge in [-0.25, -0.2) is 0 Å². The zero-order valence-corrected chi connectivity index (χ0v) is 13.4. The quantitative estimate of drug-likeness (QED) is 0.677. The smallest absolute Gasteiger partial charge is 0.0506 e. The van der Waals surface area contributed by atoms with Crippen LogP contribution in [0.3, 0.4) is 0 Å². The van der Waals surface area contributed by atoms with Gasteiger partial charge in [0.2, 0.25) is 0 Å². The molecule has 0 aromatic heterocycles. The lowest BCUT2D eigenvalue weighted by atomic mass is 10.0. The summed E-state index contributed by atoms with van der Waals surface area (Å²) in [6.07, 6.45) is 8.90. The van der Waals surface area contributed by atoms with Gasteiger partial charge in [0.05, 0.1) is 13.2 Å². The summed E-state index contributed by atoms with van der Waals surface area (Å²) in [4.78, 5) is 0. The molecule has 0 radical (unpaired) electrons. The molecule has 2 aromatic carbocycles. The maximum Gasteiger partial charge on any atom is 0.0506 e. The molecule has 4 rings (SSSR count). The third-order valence-corrected chi connectivity index (χ3v) is 4.89.